The van der Waals surface area contributed by atoms with Gasteiger partial charge < -0.3 is 24.3 Å². The van der Waals surface area contributed by atoms with Crippen molar-refractivity contribution in [2.75, 3.05) is 25.6 Å². The molecule has 1 N–H and O–H groups in total. The van der Waals surface area contributed by atoms with E-state index in [1.165, 1.54) is 6.08 Å². The molecule has 0 heterocycles. The van der Waals surface area contributed by atoms with E-state index in [1.807, 2.05) is 25.1 Å². The summed E-state index contributed by atoms with van der Waals surface area (Å²) >= 11 is 0. The lowest BCUT2D eigenvalue weighted by Crippen LogP contribution is -2.12. The third kappa shape index (κ3) is 7.91. The highest BCUT2D eigenvalue weighted by molar-refractivity contribution is 6.04. The fraction of sp³-hybridized carbons (Fsp3) is 0.241. The quantitative estimate of drug-likeness (QED) is 0.142. The number of nitrogens with one attached hydrogen (secondary N) is 1. The summed E-state index contributed by atoms with van der Waals surface area (Å²) in [6.07, 6.45) is 5.00. The molecule has 0 aliphatic carbocycles. The van der Waals surface area contributed by atoms with Crippen molar-refractivity contribution in [1.29, 1.82) is 0 Å². The van der Waals surface area contributed by atoms with Crippen molar-refractivity contribution < 1.29 is 28.5 Å². The number of methoxy groups -OCH3 is 1. The largest absolute Gasteiger partial charge is 0.497 e. The highest BCUT2D eigenvalue weighted by Gasteiger charge is 2.09. The summed E-state index contributed by atoms with van der Waals surface area (Å²) in [7, 11) is 1.58. The third-order valence-corrected chi connectivity index (χ3v) is 5.12. The lowest BCUT2D eigenvalue weighted by atomic mass is 10.2. The van der Waals surface area contributed by atoms with E-state index in [4.69, 9.17) is 18.9 Å². The molecule has 3 aromatic carbocycles. The van der Waals surface area contributed by atoms with Gasteiger partial charge >= 0.3 is 5.97 Å². The summed E-state index contributed by atoms with van der Waals surface area (Å²) in [4.78, 5) is 24.7. The van der Waals surface area contributed by atoms with Crippen molar-refractivity contribution in [2.45, 2.75) is 26.7 Å². The van der Waals surface area contributed by atoms with Crippen LogP contribution in [0.25, 0.3) is 6.08 Å². The fourth-order valence-electron chi connectivity index (χ4n) is 3.21. The van der Waals surface area contributed by atoms with Crippen LogP contribution in [0.15, 0.2) is 72.8 Å². The molecule has 0 aromatic heterocycles. The standard InChI is InChI=1S/C29H31NO6/c1-4-6-19-35-26-17-7-21(20-27(26)34-5-2)8-18-28(31)36-25-13-9-22(10-14-25)29(32)30-23-11-15-24(33-3)16-12-23/h7-18,20H,4-6,19H2,1-3H3,(H,30,32)/b18-8+. The summed E-state index contributed by atoms with van der Waals surface area (Å²) < 4.78 is 21.9. The number of carbonyl (C=O) groups excluding carboxylic acids is 2. The monoisotopic (exact) mass is 489 g/mol. The van der Waals surface area contributed by atoms with E-state index in [2.05, 4.69) is 12.2 Å². The Hall–Kier alpha value is -4.26. The Morgan fingerprint density at radius 1 is 0.861 bits per heavy atom. The van der Waals surface area contributed by atoms with Crippen LogP contribution in [0.5, 0.6) is 23.0 Å². The normalized spacial score (nSPS) is 10.6. The first-order valence-electron chi connectivity index (χ1n) is 11.9. The molecule has 0 saturated heterocycles. The van der Waals surface area contributed by atoms with Crippen LogP contribution < -0.4 is 24.3 Å². The van der Waals surface area contributed by atoms with Gasteiger partial charge in [0.2, 0.25) is 0 Å². The number of ether oxygens (including phenoxy) is 4. The van der Waals surface area contributed by atoms with Crippen LogP contribution in [0.4, 0.5) is 5.69 Å². The van der Waals surface area contributed by atoms with Crippen molar-refractivity contribution in [1.82, 2.24) is 0 Å². The lowest BCUT2D eigenvalue weighted by Gasteiger charge is -2.12. The summed E-state index contributed by atoms with van der Waals surface area (Å²) in [5, 5.41) is 2.81. The molecule has 0 aliphatic heterocycles. The molecule has 0 aliphatic rings. The molecule has 0 fully saturated rings. The Balaban J connectivity index is 1.56. The van der Waals surface area contributed by atoms with E-state index in [-0.39, 0.29) is 5.91 Å². The molecule has 36 heavy (non-hydrogen) atoms. The highest BCUT2D eigenvalue weighted by atomic mass is 16.5. The van der Waals surface area contributed by atoms with E-state index in [0.717, 1.165) is 18.4 Å². The van der Waals surface area contributed by atoms with Gasteiger partial charge in [0, 0.05) is 17.3 Å². The van der Waals surface area contributed by atoms with Crippen molar-refractivity contribution in [2.24, 2.45) is 0 Å². The first-order valence-corrected chi connectivity index (χ1v) is 11.9. The second-order valence-electron chi connectivity index (χ2n) is 7.80. The minimum Gasteiger partial charge on any atom is -0.497 e. The van der Waals surface area contributed by atoms with Gasteiger partial charge in [-0.3, -0.25) is 4.79 Å². The summed E-state index contributed by atoms with van der Waals surface area (Å²) in [6, 6.07) is 18.9. The Morgan fingerprint density at radius 2 is 1.58 bits per heavy atom. The molecule has 0 bridgehead atoms. The zero-order valence-electron chi connectivity index (χ0n) is 20.8. The molecule has 0 saturated carbocycles. The highest BCUT2D eigenvalue weighted by Crippen LogP contribution is 2.29. The van der Waals surface area contributed by atoms with Crippen molar-refractivity contribution in [3.8, 4) is 23.0 Å². The molecule has 1 amide bonds. The average molecular weight is 490 g/mol. The number of hydrogen-bond acceptors (Lipinski definition) is 6. The molecule has 7 nitrogen and oxygen atoms in total. The van der Waals surface area contributed by atoms with Crippen LogP contribution in [0.2, 0.25) is 0 Å². The van der Waals surface area contributed by atoms with Gasteiger partial charge in [-0.05, 0) is 85.6 Å². The van der Waals surface area contributed by atoms with Gasteiger partial charge in [0.25, 0.3) is 5.91 Å². The predicted molar refractivity (Wildman–Crippen MR) is 140 cm³/mol. The first-order chi connectivity index (χ1) is 17.5. The van der Waals surface area contributed by atoms with E-state index in [1.54, 1.807) is 61.7 Å². The Morgan fingerprint density at radius 3 is 2.25 bits per heavy atom. The molecular weight excluding hydrogens is 458 g/mol. The zero-order chi connectivity index (χ0) is 25.8. The predicted octanol–water partition coefficient (Wildman–Crippen LogP) is 6.14. The fourth-order valence-corrected chi connectivity index (χ4v) is 3.21. The van der Waals surface area contributed by atoms with Gasteiger partial charge in [-0.25, -0.2) is 4.79 Å². The molecule has 7 heteroatoms. The smallest absolute Gasteiger partial charge is 0.336 e. The Kier molecular flexibility index (Phi) is 9.94. The summed E-state index contributed by atoms with van der Waals surface area (Å²) in [6.45, 7) is 5.14. The van der Waals surface area contributed by atoms with Gasteiger partial charge in [-0.1, -0.05) is 19.4 Å². The van der Waals surface area contributed by atoms with Gasteiger partial charge in [0.15, 0.2) is 11.5 Å². The van der Waals surface area contributed by atoms with Crippen molar-refractivity contribution >= 4 is 23.6 Å². The maximum atomic E-state index is 12.5. The number of esters is 1. The topological polar surface area (TPSA) is 83.1 Å². The molecule has 3 rings (SSSR count). The maximum absolute atomic E-state index is 12.5. The average Bonchev–Trinajstić information content (AvgIpc) is 2.89. The van der Waals surface area contributed by atoms with Gasteiger partial charge in [0.05, 0.1) is 20.3 Å². The van der Waals surface area contributed by atoms with E-state index in [0.29, 0.717) is 47.5 Å². The Bertz CT molecular complexity index is 1170. The number of anilines is 1. The minimum atomic E-state index is -0.535. The number of rotatable bonds is 12. The lowest BCUT2D eigenvalue weighted by molar-refractivity contribution is -0.128. The number of carbonyl (C=O) groups is 2. The molecular formula is C29H31NO6. The zero-order valence-corrected chi connectivity index (χ0v) is 20.8. The van der Waals surface area contributed by atoms with Gasteiger partial charge in [-0.2, -0.15) is 0 Å². The number of benzene rings is 3. The van der Waals surface area contributed by atoms with E-state index < -0.39 is 5.97 Å². The molecule has 0 spiro atoms. The van der Waals surface area contributed by atoms with Crippen LogP contribution in [0.3, 0.4) is 0 Å². The first kappa shape index (κ1) is 26.3. The number of amides is 1. The molecule has 3 aromatic rings. The van der Waals surface area contributed by atoms with Crippen LogP contribution in [0.1, 0.15) is 42.6 Å². The van der Waals surface area contributed by atoms with Crippen molar-refractivity contribution in [3.05, 3.63) is 83.9 Å². The minimum absolute atomic E-state index is 0.273. The van der Waals surface area contributed by atoms with Crippen LogP contribution in [-0.2, 0) is 4.79 Å². The van der Waals surface area contributed by atoms with Crippen LogP contribution in [0, 0.1) is 0 Å². The van der Waals surface area contributed by atoms with E-state index >= 15 is 0 Å². The van der Waals surface area contributed by atoms with Gasteiger partial charge in [-0.15, -0.1) is 0 Å². The SMILES string of the molecule is CCCCOc1ccc(/C=C/C(=O)Oc2ccc(C(=O)Nc3ccc(OC)cc3)cc2)cc1OCC. The van der Waals surface area contributed by atoms with Crippen molar-refractivity contribution in [3.63, 3.8) is 0 Å². The number of hydrogen-bond donors (Lipinski definition) is 1. The maximum Gasteiger partial charge on any atom is 0.336 e. The van der Waals surface area contributed by atoms with Crippen LogP contribution >= 0.6 is 0 Å². The summed E-state index contributed by atoms with van der Waals surface area (Å²) in [5.41, 5.74) is 1.86. The molecule has 0 atom stereocenters. The van der Waals surface area contributed by atoms with Gasteiger partial charge in [0.1, 0.15) is 11.5 Å². The second-order valence-corrected chi connectivity index (χ2v) is 7.80. The molecule has 188 valence electrons. The number of unbranched alkanes of at least 4 members (excludes halogenated alkanes) is 1. The molecule has 0 radical (unpaired) electrons. The second kappa shape index (κ2) is 13.6. The van der Waals surface area contributed by atoms with E-state index in [9.17, 15) is 9.59 Å². The molecule has 0 unspecified atom stereocenters. The summed E-state index contributed by atoms with van der Waals surface area (Å²) in [5.74, 6) is 1.54. The Labute approximate surface area is 211 Å². The van der Waals surface area contributed by atoms with Crippen LogP contribution in [-0.4, -0.2) is 32.2 Å². The third-order valence-electron chi connectivity index (χ3n) is 5.12.